The summed E-state index contributed by atoms with van der Waals surface area (Å²) in [7, 11) is 0. The summed E-state index contributed by atoms with van der Waals surface area (Å²) in [6.07, 6.45) is 0.261. The largest absolute Gasteiger partial charge is 0.493 e. The van der Waals surface area contributed by atoms with E-state index < -0.39 is 0 Å². The van der Waals surface area contributed by atoms with E-state index in [1.165, 1.54) is 0 Å². The summed E-state index contributed by atoms with van der Waals surface area (Å²) in [6, 6.07) is 17.1. The van der Waals surface area contributed by atoms with E-state index >= 15 is 0 Å². The lowest BCUT2D eigenvalue weighted by Crippen LogP contribution is -2.42. The van der Waals surface area contributed by atoms with E-state index in [-0.39, 0.29) is 12.0 Å². The summed E-state index contributed by atoms with van der Waals surface area (Å²) in [5.41, 5.74) is 1.04. The number of hydrogen-bond donors (Lipinski definition) is 0. The van der Waals surface area contributed by atoms with Gasteiger partial charge in [-0.15, -0.1) is 0 Å². The van der Waals surface area contributed by atoms with Crippen LogP contribution in [-0.4, -0.2) is 37.1 Å². The van der Waals surface area contributed by atoms with Crippen LogP contribution >= 0.6 is 11.6 Å². The van der Waals surface area contributed by atoms with Crippen LogP contribution in [0.3, 0.4) is 0 Å². The molecule has 1 fully saturated rings. The Bertz CT molecular complexity index is 660. The molecule has 1 atom stereocenters. The fourth-order valence-corrected chi connectivity index (χ4v) is 2.81. The van der Waals surface area contributed by atoms with Crippen LogP contribution in [0.2, 0.25) is 5.02 Å². The van der Waals surface area contributed by atoms with Crippen LogP contribution in [0.15, 0.2) is 54.6 Å². The summed E-state index contributed by atoms with van der Waals surface area (Å²) in [4.78, 5) is 14.2. The van der Waals surface area contributed by atoms with Gasteiger partial charge in [0, 0.05) is 11.6 Å². The van der Waals surface area contributed by atoms with E-state index in [9.17, 15) is 4.79 Å². The molecule has 1 heterocycles. The van der Waals surface area contributed by atoms with Crippen molar-refractivity contribution in [3.8, 4) is 5.75 Å². The average Bonchev–Trinajstić information content (AvgIpc) is 2.63. The van der Waals surface area contributed by atoms with Gasteiger partial charge in [0.25, 0.3) is 0 Å². The number of hydrogen-bond acceptors (Lipinski definition) is 3. The lowest BCUT2D eigenvalue weighted by Gasteiger charge is -2.33. The summed E-state index contributed by atoms with van der Waals surface area (Å²) >= 11 is 5.92. The SMILES string of the molecule is O=C(CCOc1ccccc1)N1CCOC(c2ccc(Cl)cc2)C1. The van der Waals surface area contributed by atoms with Gasteiger partial charge in [-0.3, -0.25) is 4.79 Å². The summed E-state index contributed by atoms with van der Waals surface area (Å²) < 4.78 is 11.4. The number of halogens is 1. The van der Waals surface area contributed by atoms with E-state index in [0.717, 1.165) is 11.3 Å². The van der Waals surface area contributed by atoms with Crippen molar-refractivity contribution >= 4 is 17.5 Å². The Morgan fingerprint density at radius 3 is 2.67 bits per heavy atom. The Labute approximate surface area is 146 Å². The third kappa shape index (κ3) is 4.49. The maximum Gasteiger partial charge on any atom is 0.226 e. The molecule has 126 valence electrons. The number of carbonyl (C=O) groups excluding carboxylic acids is 1. The molecule has 2 aromatic carbocycles. The number of ether oxygens (including phenoxy) is 2. The van der Waals surface area contributed by atoms with Crippen molar-refractivity contribution < 1.29 is 14.3 Å². The molecule has 1 aliphatic heterocycles. The summed E-state index contributed by atoms with van der Waals surface area (Å²) in [5.74, 6) is 0.875. The van der Waals surface area contributed by atoms with Gasteiger partial charge in [0.15, 0.2) is 0 Å². The molecule has 1 unspecified atom stereocenters. The van der Waals surface area contributed by atoms with E-state index in [1.54, 1.807) is 0 Å². The maximum atomic E-state index is 12.4. The van der Waals surface area contributed by atoms with Gasteiger partial charge in [-0.05, 0) is 29.8 Å². The van der Waals surface area contributed by atoms with E-state index in [4.69, 9.17) is 21.1 Å². The monoisotopic (exact) mass is 345 g/mol. The van der Waals surface area contributed by atoms with E-state index in [1.807, 2.05) is 59.5 Å². The molecular weight excluding hydrogens is 326 g/mol. The molecule has 0 radical (unpaired) electrons. The van der Waals surface area contributed by atoms with Gasteiger partial charge < -0.3 is 14.4 Å². The third-order valence-corrected chi connectivity index (χ3v) is 4.24. The lowest BCUT2D eigenvalue weighted by atomic mass is 10.1. The first-order valence-electron chi connectivity index (χ1n) is 8.05. The number of morpholine rings is 1. The van der Waals surface area contributed by atoms with Crippen molar-refractivity contribution in [2.75, 3.05) is 26.3 Å². The molecule has 3 rings (SSSR count). The highest BCUT2D eigenvalue weighted by Gasteiger charge is 2.25. The first-order chi connectivity index (χ1) is 11.7. The minimum absolute atomic E-state index is 0.0909. The highest BCUT2D eigenvalue weighted by molar-refractivity contribution is 6.30. The molecule has 1 saturated heterocycles. The second-order valence-electron chi connectivity index (χ2n) is 5.66. The van der Waals surface area contributed by atoms with Crippen LogP contribution in [0.4, 0.5) is 0 Å². The van der Waals surface area contributed by atoms with Crippen LogP contribution < -0.4 is 4.74 Å². The van der Waals surface area contributed by atoms with Crippen LogP contribution in [0.1, 0.15) is 18.1 Å². The van der Waals surface area contributed by atoms with E-state index in [0.29, 0.717) is 37.7 Å². The first kappa shape index (κ1) is 16.8. The topological polar surface area (TPSA) is 38.8 Å². The normalized spacial score (nSPS) is 17.5. The Balaban J connectivity index is 1.50. The smallest absolute Gasteiger partial charge is 0.226 e. The van der Waals surface area contributed by atoms with Crippen molar-refractivity contribution in [1.29, 1.82) is 0 Å². The van der Waals surface area contributed by atoms with Gasteiger partial charge >= 0.3 is 0 Å². The van der Waals surface area contributed by atoms with E-state index in [2.05, 4.69) is 0 Å². The lowest BCUT2D eigenvalue weighted by molar-refractivity contribution is -0.139. The highest BCUT2D eigenvalue weighted by Crippen LogP contribution is 2.24. The number of benzene rings is 2. The van der Waals surface area contributed by atoms with Crippen molar-refractivity contribution in [1.82, 2.24) is 4.90 Å². The fourth-order valence-electron chi connectivity index (χ4n) is 2.69. The van der Waals surface area contributed by atoms with Crippen molar-refractivity contribution in [3.63, 3.8) is 0 Å². The minimum Gasteiger partial charge on any atom is -0.493 e. The van der Waals surface area contributed by atoms with Gasteiger partial charge in [0.05, 0.1) is 26.2 Å². The predicted octanol–water partition coefficient (Wildman–Crippen LogP) is 3.71. The Kier molecular flexibility index (Phi) is 5.72. The van der Waals surface area contributed by atoms with Gasteiger partial charge in [-0.2, -0.15) is 0 Å². The van der Waals surface area contributed by atoms with Gasteiger partial charge in [0.2, 0.25) is 5.91 Å². The molecule has 0 spiro atoms. The van der Waals surface area contributed by atoms with Crippen LogP contribution in [-0.2, 0) is 9.53 Å². The Morgan fingerprint density at radius 2 is 1.92 bits per heavy atom. The molecule has 4 nitrogen and oxygen atoms in total. The van der Waals surface area contributed by atoms with Gasteiger partial charge in [-0.1, -0.05) is 41.9 Å². The highest BCUT2D eigenvalue weighted by atomic mass is 35.5. The molecule has 0 saturated carbocycles. The Hall–Kier alpha value is -2.04. The van der Waals surface area contributed by atoms with Gasteiger partial charge in [-0.25, -0.2) is 0 Å². The molecular formula is C19H20ClNO3. The van der Waals surface area contributed by atoms with Crippen LogP contribution in [0.5, 0.6) is 5.75 Å². The van der Waals surface area contributed by atoms with Crippen LogP contribution in [0.25, 0.3) is 0 Å². The quantitative estimate of drug-likeness (QED) is 0.829. The second kappa shape index (κ2) is 8.18. The predicted molar refractivity (Wildman–Crippen MR) is 93.3 cm³/mol. The minimum atomic E-state index is -0.102. The second-order valence-corrected chi connectivity index (χ2v) is 6.10. The van der Waals surface area contributed by atoms with Crippen molar-refractivity contribution in [2.45, 2.75) is 12.5 Å². The average molecular weight is 346 g/mol. The molecule has 2 aromatic rings. The number of nitrogens with zero attached hydrogens (tertiary/aromatic N) is 1. The van der Waals surface area contributed by atoms with Crippen molar-refractivity contribution in [2.24, 2.45) is 0 Å². The zero-order chi connectivity index (χ0) is 16.8. The Morgan fingerprint density at radius 1 is 1.17 bits per heavy atom. The van der Waals surface area contributed by atoms with Gasteiger partial charge in [0.1, 0.15) is 11.9 Å². The van der Waals surface area contributed by atoms with Crippen LogP contribution in [0, 0.1) is 0 Å². The molecule has 1 amide bonds. The zero-order valence-electron chi connectivity index (χ0n) is 13.4. The fraction of sp³-hybridized carbons (Fsp3) is 0.316. The number of carbonyl (C=O) groups is 1. The zero-order valence-corrected chi connectivity index (χ0v) is 14.1. The molecule has 1 aliphatic rings. The number of rotatable bonds is 5. The third-order valence-electron chi connectivity index (χ3n) is 3.99. The number of amides is 1. The molecule has 0 aromatic heterocycles. The molecule has 24 heavy (non-hydrogen) atoms. The van der Waals surface area contributed by atoms with Crippen molar-refractivity contribution in [3.05, 3.63) is 65.2 Å². The maximum absolute atomic E-state index is 12.4. The summed E-state index contributed by atoms with van der Waals surface area (Å²) in [6.45, 7) is 2.10. The number of para-hydroxylation sites is 1. The molecule has 0 bridgehead atoms. The molecule has 0 N–H and O–H groups in total. The standard InChI is InChI=1S/C19H20ClNO3/c20-16-8-6-15(7-9-16)18-14-21(11-13-24-18)19(22)10-12-23-17-4-2-1-3-5-17/h1-9,18H,10-14H2. The summed E-state index contributed by atoms with van der Waals surface area (Å²) in [5, 5.41) is 0.695. The first-order valence-corrected chi connectivity index (χ1v) is 8.43. The molecule has 5 heteroatoms. The molecule has 0 aliphatic carbocycles.